The summed E-state index contributed by atoms with van der Waals surface area (Å²) >= 11 is 0. The standard InChI is InChI=1S/C16H27N3O/c1-4-11-18-16(20)14(3)19(12-7-10-17)15-9-6-5-8-13(15)2/h5-6,8-9,14H,4,7,10-12,17H2,1-3H3,(H,18,20). The quantitative estimate of drug-likeness (QED) is 0.765. The monoisotopic (exact) mass is 277 g/mol. The second-order valence-electron chi connectivity index (χ2n) is 5.09. The van der Waals surface area contributed by atoms with Gasteiger partial charge in [0.25, 0.3) is 0 Å². The van der Waals surface area contributed by atoms with Crippen LogP contribution >= 0.6 is 0 Å². The highest BCUT2D eigenvalue weighted by Crippen LogP contribution is 2.22. The smallest absolute Gasteiger partial charge is 0.242 e. The van der Waals surface area contributed by atoms with Crippen molar-refractivity contribution in [1.29, 1.82) is 0 Å². The van der Waals surface area contributed by atoms with Gasteiger partial charge in [0.2, 0.25) is 5.91 Å². The molecule has 0 radical (unpaired) electrons. The van der Waals surface area contributed by atoms with E-state index in [0.29, 0.717) is 6.54 Å². The molecule has 4 nitrogen and oxygen atoms in total. The first-order valence-corrected chi connectivity index (χ1v) is 7.41. The maximum atomic E-state index is 12.2. The Bertz CT molecular complexity index is 420. The summed E-state index contributed by atoms with van der Waals surface area (Å²) < 4.78 is 0. The summed E-state index contributed by atoms with van der Waals surface area (Å²) in [7, 11) is 0. The Labute approximate surface area is 122 Å². The molecule has 1 atom stereocenters. The van der Waals surface area contributed by atoms with Gasteiger partial charge in [0, 0.05) is 18.8 Å². The van der Waals surface area contributed by atoms with Gasteiger partial charge < -0.3 is 16.0 Å². The van der Waals surface area contributed by atoms with Crippen molar-refractivity contribution in [3.63, 3.8) is 0 Å². The lowest BCUT2D eigenvalue weighted by Gasteiger charge is -2.31. The molecule has 3 N–H and O–H groups in total. The van der Waals surface area contributed by atoms with Crippen molar-refractivity contribution < 1.29 is 4.79 Å². The largest absolute Gasteiger partial charge is 0.360 e. The summed E-state index contributed by atoms with van der Waals surface area (Å²) in [6, 6.07) is 7.97. The van der Waals surface area contributed by atoms with Crippen LogP contribution in [0.15, 0.2) is 24.3 Å². The van der Waals surface area contributed by atoms with Crippen LogP contribution in [0.25, 0.3) is 0 Å². The summed E-state index contributed by atoms with van der Waals surface area (Å²) in [5.74, 6) is 0.0760. The Hall–Kier alpha value is -1.55. The number of carbonyl (C=O) groups excluding carboxylic acids is 1. The first kappa shape index (κ1) is 16.5. The number of benzene rings is 1. The number of amides is 1. The number of aryl methyl sites for hydroxylation is 1. The number of nitrogens with zero attached hydrogens (tertiary/aromatic N) is 1. The van der Waals surface area contributed by atoms with E-state index in [1.807, 2.05) is 19.1 Å². The van der Waals surface area contributed by atoms with E-state index in [0.717, 1.165) is 31.6 Å². The van der Waals surface area contributed by atoms with E-state index in [1.54, 1.807) is 0 Å². The third kappa shape index (κ3) is 4.53. The summed E-state index contributed by atoms with van der Waals surface area (Å²) in [6.07, 6.45) is 1.82. The molecule has 1 rings (SSSR count). The Balaban J connectivity index is 2.88. The minimum absolute atomic E-state index is 0.0760. The molecule has 4 heteroatoms. The van der Waals surface area contributed by atoms with Crippen LogP contribution in [0.2, 0.25) is 0 Å². The molecular formula is C16H27N3O. The van der Waals surface area contributed by atoms with E-state index in [4.69, 9.17) is 5.73 Å². The Morgan fingerprint density at radius 2 is 2.10 bits per heavy atom. The molecule has 20 heavy (non-hydrogen) atoms. The van der Waals surface area contributed by atoms with Gasteiger partial charge in [0.15, 0.2) is 0 Å². The molecule has 1 amide bonds. The van der Waals surface area contributed by atoms with E-state index in [-0.39, 0.29) is 11.9 Å². The second-order valence-corrected chi connectivity index (χ2v) is 5.09. The first-order chi connectivity index (χ1) is 9.61. The van der Waals surface area contributed by atoms with Crippen molar-refractivity contribution in [2.45, 2.75) is 39.7 Å². The third-order valence-corrected chi connectivity index (χ3v) is 3.42. The first-order valence-electron chi connectivity index (χ1n) is 7.41. The number of anilines is 1. The minimum Gasteiger partial charge on any atom is -0.360 e. The van der Waals surface area contributed by atoms with Gasteiger partial charge in [-0.05, 0) is 44.9 Å². The summed E-state index contributed by atoms with van der Waals surface area (Å²) in [6.45, 7) is 8.23. The normalized spacial score (nSPS) is 12.0. The Morgan fingerprint density at radius 1 is 1.40 bits per heavy atom. The SMILES string of the molecule is CCCNC(=O)C(C)N(CCCN)c1ccccc1C. The van der Waals surface area contributed by atoms with Gasteiger partial charge in [-0.1, -0.05) is 25.1 Å². The van der Waals surface area contributed by atoms with Crippen LogP contribution in [-0.4, -0.2) is 31.6 Å². The maximum absolute atomic E-state index is 12.2. The molecule has 1 aromatic carbocycles. The molecule has 1 unspecified atom stereocenters. The number of nitrogens with two attached hydrogens (primary N) is 1. The molecule has 0 saturated carbocycles. The fraction of sp³-hybridized carbons (Fsp3) is 0.562. The van der Waals surface area contributed by atoms with Crippen molar-refractivity contribution in [3.05, 3.63) is 29.8 Å². The van der Waals surface area contributed by atoms with Crippen LogP contribution in [0.3, 0.4) is 0 Å². The summed E-state index contributed by atoms with van der Waals surface area (Å²) in [5, 5.41) is 2.97. The van der Waals surface area contributed by atoms with Gasteiger partial charge in [-0.3, -0.25) is 4.79 Å². The zero-order valence-electron chi connectivity index (χ0n) is 12.9. The van der Waals surface area contributed by atoms with Gasteiger partial charge in [0.05, 0.1) is 0 Å². The molecule has 1 aromatic rings. The van der Waals surface area contributed by atoms with E-state index >= 15 is 0 Å². The zero-order chi connectivity index (χ0) is 15.0. The van der Waals surface area contributed by atoms with Gasteiger partial charge >= 0.3 is 0 Å². The predicted octanol–water partition coefficient (Wildman–Crippen LogP) is 2.06. The Morgan fingerprint density at radius 3 is 2.70 bits per heavy atom. The lowest BCUT2D eigenvalue weighted by atomic mass is 10.1. The van der Waals surface area contributed by atoms with Crippen molar-refractivity contribution in [2.24, 2.45) is 5.73 Å². The number of nitrogens with one attached hydrogen (secondary N) is 1. The average molecular weight is 277 g/mol. The van der Waals surface area contributed by atoms with Gasteiger partial charge in [0.1, 0.15) is 6.04 Å². The lowest BCUT2D eigenvalue weighted by Crippen LogP contribution is -2.46. The van der Waals surface area contributed by atoms with Gasteiger partial charge in [-0.25, -0.2) is 0 Å². The van der Waals surface area contributed by atoms with Crippen LogP contribution < -0.4 is 16.0 Å². The molecule has 0 aliphatic heterocycles. The third-order valence-electron chi connectivity index (χ3n) is 3.42. The van der Waals surface area contributed by atoms with Crippen LogP contribution in [-0.2, 0) is 4.79 Å². The fourth-order valence-electron chi connectivity index (χ4n) is 2.21. The molecule has 0 bridgehead atoms. The number of rotatable bonds is 8. The predicted molar refractivity (Wildman–Crippen MR) is 85.0 cm³/mol. The van der Waals surface area contributed by atoms with Crippen LogP contribution in [0.5, 0.6) is 0 Å². The highest BCUT2D eigenvalue weighted by molar-refractivity contribution is 5.85. The van der Waals surface area contributed by atoms with Crippen LogP contribution in [0, 0.1) is 6.92 Å². The van der Waals surface area contributed by atoms with Crippen molar-refractivity contribution in [3.8, 4) is 0 Å². The minimum atomic E-state index is -0.186. The Kier molecular flexibility index (Phi) is 7.09. The van der Waals surface area contributed by atoms with E-state index in [9.17, 15) is 4.79 Å². The molecule has 0 heterocycles. The van der Waals surface area contributed by atoms with Gasteiger partial charge in [-0.2, -0.15) is 0 Å². The summed E-state index contributed by atoms with van der Waals surface area (Å²) in [5.41, 5.74) is 7.91. The number of carbonyl (C=O) groups is 1. The van der Waals surface area contributed by atoms with E-state index in [2.05, 4.69) is 36.2 Å². The van der Waals surface area contributed by atoms with Crippen LogP contribution in [0.1, 0.15) is 32.3 Å². The molecule has 0 saturated heterocycles. The zero-order valence-corrected chi connectivity index (χ0v) is 12.9. The number of hydrogen-bond donors (Lipinski definition) is 2. The van der Waals surface area contributed by atoms with Crippen molar-refractivity contribution in [1.82, 2.24) is 5.32 Å². The van der Waals surface area contributed by atoms with Gasteiger partial charge in [-0.15, -0.1) is 0 Å². The van der Waals surface area contributed by atoms with Crippen LogP contribution in [0.4, 0.5) is 5.69 Å². The molecule has 112 valence electrons. The molecule has 0 spiro atoms. The summed E-state index contributed by atoms with van der Waals surface area (Å²) in [4.78, 5) is 14.4. The molecule has 0 aliphatic rings. The second kappa shape index (κ2) is 8.59. The molecule has 0 aromatic heterocycles. The number of para-hydroxylation sites is 1. The highest BCUT2D eigenvalue weighted by Gasteiger charge is 2.21. The molecular weight excluding hydrogens is 250 g/mol. The van der Waals surface area contributed by atoms with E-state index in [1.165, 1.54) is 5.56 Å². The van der Waals surface area contributed by atoms with Crippen molar-refractivity contribution >= 4 is 11.6 Å². The maximum Gasteiger partial charge on any atom is 0.242 e. The molecule has 0 aliphatic carbocycles. The molecule has 0 fully saturated rings. The van der Waals surface area contributed by atoms with E-state index < -0.39 is 0 Å². The average Bonchev–Trinajstić information content (AvgIpc) is 2.46. The number of hydrogen-bond acceptors (Lipinski definition) is 3. The lowest BCUT2D eigenvalue weighted by molar-refractivity contribution is -0.122. The highest BCUT2D eigenvalue weighted by atomic mass is 16.2. The topological polar surface area (TPSA) is 58.4 Å². The van der Waals surface area contributed by atoms with Crippen molar-refractivity contribution in [2.75, 3.05) is 24.5 Å². The fourth-order valence-corrected chi connectivity index (χ4v) is 2.21.